The third-order valence-electron chi connectivity index (χ3n) is 3.67. The Balaban J connectivity index is 2.01. The molecule has 3 heteroatoms. The molecule has 1 aliphatic rings. The summed E-state index contributed by atoms with van der Waals surface area (Å²) in [5.74, 6) is 0. The van der Waals surface area contributed by atoms with E-state index in [0.29, 0.717) is 6.04 Å². The summed E-state index contributed by atoms with van der Waals surface area (Å²) in [6, 6.07) is 9.25. The number of benzene rings is 1. The van der Waals surface area contributed by atoms with Gasteiger partial charge in [0.15, 0.2) is 0 Å². The van der Waals surface area contributed by atoms with Crippen LogP contribution in [0.1, 0.15) is 31.9 Å². The summed E-state index contributed by atoms with van der Waals surface area (Å²) >= 11 is 2.50. The Labute approximate surface area is 119 Å². The Morgan fingerprint density at radius 3 is 2.28 bits per heavy atom. The Morgan fingerprint density at radius 2 is 1.83 bits per heavy atom. The van der Waals surface area contributed by atoms with Crippen LogP contribution in [0.5, 0.6) is 0 Å². The van der Waals surface area contributed by atoms with Gasteiger partial charge in [0.05, 0.1) is 0 Å². The predicted octanol–water partition coefficient (Wildman–Crippen LogP) is 2.31. The molecule has 0 spiro atoms. The zero-order valence-corrected chi connectivity index (χ0v) is 12.9. The van der Waals surface area contributed by atoms with Crippen molar-refractivity contribution in [3.05, 3.63) is 35.4 Å². The van der Waals surface area contributed by atoms with Crippen molar-refractivity contribution in [3.63, 3.8) is 0 Å². The number of hydrogen-bond acceptors (Lipinski definition) is 2. The molecule has 0 radical (unpaired) electrons. The van der Waals surface area contributed by atoms with Gasteiger partial charge in [-0.25, -0.2) is 0 Å². The summed E-state index contributed by atoms with van der Waals surface area (Å²) < 4.78 is 0. The number of fused-ring (bicyclic) bond motifs is 1. The van der Waals surface area contributed by atoms with Crippen molar-refractivity contribution in [2.24, 2.45) is 5.41 Å². The van der Waals surface area contributed by atoms with Gasteiger partial charge in [-0.05, 0) is 0 Å². The first-order valence-electron chi connectivity index (χ1n) is 6.52. The fraction of sp³-hybridized carbons (Fsp3) is 0.533. The van der Waals surface area contributed by atoms with Crippen LogP contribution >= 0.6 is 0 Å². The molecular weight excluding hydrogens is 259 g/mol. The molecule has 1 heterocycles. The second-order valence-electron chi connectivity index (χ2n) is 6.15. The summed E-state index contributed by atoms with van der Waals surface area (Å²) in [6.45, 7) is 10.2. The van der Waals surface area contributed by atoms with Gasteiger partial charge in [-0.15, -0.1) is 0 Å². The molecule has 1 aromatic rings. The van der Waals surface area contributed by atoms with Crippen molar-refractivity contribution in [1.82, 2.24) is 10.2 Å². The minimum atomic E-state index is 0.269. The SMILES string of the molecule is CC(C)(C)[C@@H](CN1Cc2ccccc2C1)N[CH]=[V]. The molecule has 0 aromatic heterocycles. The minimum absolute atomic E-state index is 0.269. The monoisotopic (exact) mass is 281 g/mol. The molecule has 0 unspecified atom stereocenters. The first-order chi connectivity index (χ1) is 8.50. The van der Waals surface area contributed by atoms with Crippen LogP contribution in [0.4, 0.5) is 0 Å². The van der Waals surface area contributed by atoms with Gasteiger partial charge < -0.3 is 0 Å². The van der Waals surface area contributed by atoms with Gasteiger partial charge in [0, 0.05) is 0 Å². The van der Waals surface area contributed by atoms with E-state index in [-0.39, 0.29) is 5.41 Å². The zero-order chi connectivity index (χ0) is 13.2. The number of nitrogens with zero attached hydrogens (tertiary/aromatic N) is 1. The summed E-state index contributed by atoms with van der Waals surface area (Å²) in [5, 5.41) is 3.48. The van der Waals surface area contributed by atoms with E-state index in [1.807, 2.05) is 4.85 Å². The van der Waals surface area contributed by atoms with Crippen LogP contribution < -0.4 is 5.32 Å². The van der Waals surface area contributed by atoms with Crippen molar-refractivity contribution >= 4 is 4.85 Å². The zero-order valence-electron chi connectivity index (χ0n) is 11.5. The Bertz CT molecular complexity index is 398. The van der Waals surface area contributed by atoms with Crippen LogP contribution in [-0.2, 0) is 30.1 Å². The summed E-state index contributed by atoms with van der Waals surface area (Å²) in [6.07, 6.45) is 0. The standard InChI is InChI=1S/C15H22N2.V/c1-15(2,3)14(16-4)11-17-9-12-7-5-6-8-13(12)10-17;/h4-8,14,16H,9-11H2,1-3H3;/t14-;/m1./s1. The Morgan fingerprint density at radius 1 is 1.28 bits per heavy atom. The molecule has 2 rings (SSSR count). The first kappa shape index (κ1) is 14.0. The number of rotatable bonds is 4. The molecule has 1 aliphatic heterocycles. The summed E-state index contributed by atoms with van der Waals surface area (Å²) in [5.41, 5.74) is 3.24. The van der Waals surface area contributed by atoms with E-state index in [9.17, 15) is 0 Å². The maximum atomic E-state index is 3.48. The Kier molecular flexibility index (Phi) is 4.44. The average Bonchev–Trinajstić information content (AvgIpc) is 2.69. The molecule has 1 N–H and O–H groups in total. The molecule has 18 heavy (non-hydrogen) atoms. The normalized spacial score (nSPS) is 17.4. The molecule has 0 saturated heterocycles. The molecule has 0 bridgehead atoms. The van der Waals surface area contributed by atoms with Gasteiger partial charge in [0.25, 0.3) is 0 Å². The second kappa shape index (κ2) is 5.71. The van der Waals surface area contributed by atoms with Gasteiger partial charge in [0.1, 0.15) is 0 Å². The second-order valence-corrected chi connectivity index (χ2v) is 6.56. The topological polar surface area (TPSA) is 15.3 Å². The van der Waals surface area contributed by atoms with Crippen LogP contribution in [-0.4, -0.2) is 22.3 Å². The fourth-order valence-electron chi connectivity index (χ4n) is 2.46. The van der Waals surface area contributed by atoms with Crippen molar-refractivity contribution in [3.8, 4) is 0 Å². The van der Waals surface area contributed by atoms with E-state index >= 15 is 0 Å². The van der Waals surface area contributed by atoms with Crippen LogP contribution in [0, 0.1) is 5.41 Å². The fourth-order valence-corrected chi connectivity index (χ4v) is 2.74. The van der Waals surface area contributed by atoms with Crippen molar-refractivity contribution in [2.75, 3.05) is 6.54 Å². The third-order valence-corrected chi connectivity index (χ3v) is 3.90. The molecule has 0 fully saturated rings. The van der Waals surface area contributed by atoms with E-state index in [0.717, 1.165) is 19.6 Å². The van der Waals surface area contributed by atoms with Gasteiger partial charge >= 0.3 is 119 Å². The molecule has 0 aliphatic carbocycles. The van der Waals surface area contributed by atoms with Gasteiger partial charge in [-0.2, -0.15) is 0 Å². The quantitative estimate of drug-likeness (QED) is 0.911. The summed E-state index contributed by atoms with van der Waals surface area (Å²) in [7, 11) is 0. The van der Waals surface area contributed by atoms with Crippen LogP contribution in [0.3, 0.4) is 0 Å². The van der Waals surface area contributed by atoms with Gasteiger partial charge in [-0.3, -0.25) is 0 Å². The predicted molar refractivity (Wildman–Crippen MR) is 73.0 cm³/mol. The molecular formula is C15H22N2V. The van der Waals surface area contributed by atoms with Crippen molar-refractivity contribution in [1.29, 1.82) is 0 Å². The van der Waals surface area contributed by atoms with Crippen LogP contribution in [0.25, 0.3) is 0 Å². The van der Waals surface area contributed by atoms with E-state index in [1.165, 1.54) is 11.1 Å². The first-order valence-corrected chi connectivity index (χ1v) is 7.32. The van der Waals surface area contributed by atoms with E-state index in [4.69, 9.17) is 0 Å². The van der Waals surface area contributed by atoms with Crippen LogP contribution in [0.15, 0.2) is 24.3 Å². The molecule has 97 valence electrons. The molecule has 0 amide bonds. The van der Waals surface area contributed by atoms with Gasteiger partial charge in [-0.1, -0.05) is 0 Å². The number of nitrogens with one attached hydrogen (secondary N) is 1. The van der Waals surface area contributed by atoms with E-state index in [1.54, 1.807) is 0 Å². The molecule has 0 saturated carbocycles. The van der Waals surface area contributed by atoms with Crippen LogP contribution in [0.2, 0.25) is 0 Å². The molecule has 1 aromatic carbocycles. The number of hydrogen-bond donors (Lipinski definition) is 1. The third kappa shape index (κ3) is 3.33. The van der Waals surface area contributed by atoms with Crippen molar-refractivity contribution in [2.45, 2.75) is 39.9 Å². The summed E-state index contributed by atoms with van der Waals surface area (Å²) in [4.78, 5) is 4.54. The molecule has 1 atom stereocenters. The van der Waals surface area contributed by atoms with Gasteiger partial charge in [0.2, 0.25) is 0 Å². The van der Waals surface area contributed by atoms with Crippen molar-refractivity contribution < 1.29 is 17.0 Å². The van der Waals surface area contributed by atoms with E-state index < -0.39 is 0 Å². The Hall–Kier alpha value is -0.406. The average molecular weight is 281 g/mol. The maximum absolute atomic E-state index is 3.48. The van der Waals surface area contributed by atoms with E-state index in [2.05, 4.69) is 72.2 Å². The molecule has 2 nitrogen and oxygen atoms in total.